The second-order valence-corrected chi connectivity index (χ2v) is 11.9. The first-order chi connectivity index (χ1) is 15.9. The number of aliphatic hydroxyl groups is 1. The third kappa shape index (κ3) is 7.05. The van der Waals surface area contributed by atoms with Gasteiger partial charge in [-0.3, -0.25) is 14.1 Å². The van der Waals surface area contributed by atoms with E-state index in [9.17, 15) is 32.5 Å². The number of rotatable bonds is 11. The van der Waals surface area contributed by atoms with E-state index in [1.807, 2.05) is 13.8 Å². The minimum absolute atomic E-state index is 0.00664. The SMILES string of the molecule is CC(C)CC(NC(=O)OCC1CC2CCC1C2)C(=O)NC(CC1CCNC1=O)C(O)S(=O)(=O)O. The summed E-state index contributed by atoms with van der Waals surface area (Å²) in [7, 11) is -4.90. The minimum atomic E-state index is -4.90. The molecule has 2 saturated carbocycles. The maximum Gasteiger partial charge on any atom is 0.407 e. The van der Waals surface area contributed by atoms with Crippen molar-refractivity contribution < 1.29 is 37.2 Å². The number of aliphatic hydroxyl groups excluding tert-OH is 1. The van der Waals surface area contributed by atoms with Gasteiger partial charge in [-0.05, 0) is 62.2 Å². The first-order valence-electron chi connectivity index (χ1n) is 12.1. The van der Waals surface area contributed by atoms with Crippen molar-refractivity contribution in [3.05, 3.63) is 0 Å². The van der Waals surface area contributed by atoms with Crippen LogP contribution >= 0.6 is 0 Å². The molecule has 34 heavy (non-hydrogen) atoms. The molecule has 5 N–H and O–H groups in total. The minimum Gasteiger partial charge on any atom is -0.449 e. The van der Waals surface area contributed by atoms with Crippen molar-refractivity contribution >= 4 is 28.0 Å². The number of hydrogen-bond donors (Lipinski definition) is 5. The molecular weight excluding hydrogens is 466 g/mol. The fraction of sp³-hybridized carbons (Fsp3) is 0.864. The number of fused-ring (bicyclic) bond motifs is 2. The average molecular weight is 504 g/mol. The fourth-order valence-electron chi connectivity index (χ4n) is 5.56. The molecule has 7 unspecified atom stereocenters. The van der Waals surface area contributed by atoms with Crippen LogP contribution < -0.4 is 16.0 Å². The molecule has 0 aromatic heterocycles. The summed E-state index contributed by atoms with van der Waals surface area (Å²) in [6.07, 6.45) is 4.38. The van der Waals surface area contributed by atoms with Gasteiger partial charge in [0.25, 0.3) is 10.1 Å². The highest BCUT2D eigenvalue weighted by Gasteiger charge is 2.40. The number of carbonyl (C=O) groups is 3. The standard InChI is InChI=1S/C22H37N3O8S/c1-12(2)7-17(25-22(29)33-11-16-9-13-3-4-14(16)8-13)20(27)24-18(21(28)34(30,31)32)10-15-5-6-23-19(15)26/h12-18,21,28H,3-11H2,1-2H3,(H,23,26)(H,24,27)(H,25,29)(H,30,31,32). The highest BCUT2D eigenvalue weighted by molar-refractivity contribution is 7.86. The summed E-state index contributed by atoms with van der Waals surface area (Å²) in [6, 6.07) is -2.47. The van der Waals surface area contributed by atoms with Crippen molar-refractivity contribution in [2.75, 3.05) is 13.2 Å². The first-order valence-corrected chi connectivity index (χ1v) is 13.6. The van der Waals surface area contributed by atoms with Gasteiger partial charge in [-0.25, -0.2) is 4.79 Å². The Balaban J connectivity index is 1.61. The Morgan fingerprint density at radius 1 is 1.18 bits per heavy atom. The predicted octanol–water partition coefficient (Wildman–Crippen LogP) is 0.781. The zero-order valence-corrected chi connectivity index (χ0v) is 20.6. The van der Waals surface area contributed by atoms with Crippen LogP contribution in [0.2, 0.25) is 0 Å². The van der Waals surface area contributed by atoms with Crippen LogP contribution in [0, 0.1) is 29.6 Å². The Morgan fingerprint density at radius 2 is 1.91 bits per heavy atom. The summed E-state index contributed by atoms with van der Waals surface area (Å²) < 4.78 is 37.9. The van der Waals surface area contributed by atoms with Gasteiger partial charge >= 0.3 is 6.09 Å². The molecule has 12 heteroatoms. The van der Waals surface area contributed by atoms with Crippen LogP contribution in [0.5, 0.6) is 0 Å². The van der Waals surface area contributed by atoms with Crippen molar-refractivity contribution in [3.63, 3.8) is 0 Å². The number of amides is 3. The van der Waals surface area contributed by atoms with E-state index < -0.39 is 45.6 Å². The second-order valence-electron chi connectivity index (χ2n) is 10.4. The zero-order valence-electron chi connectivity index (χ0n) is 19.7. The third-order valence-corrected chi connectivity index (χ3v) is 8.25. The first kappa shape index (κ1) is 26.7. The van der Waals surface area contributed by atoms with Crippen LogP contribution in [-0.4, -0.2) is 66.7 Å². The van der Waals surface area contributed by atoms with Crippen molar-refractivity contribution in [2.24, 2.45) is 29.6 Å². The Labute approximate surface area is 200 Å². The molecule has 1 heterocycles. The molecule has 2 bridgehead atoms. The van der Waals surface area contributed by atoms with Crippen LogP contribution in [0.4, 0.5) is 4.79 Å². The molecule has 7 atom stereocenters. The number of nitrogens with one attached hydrogen (secondary N) is 3. The monoisotopic (exact) mass is 503 g/mol. The molecule has 3 fully saturated rings. The smallest absolute Gasteiger partial charge is 0.407 e. The van der Waals surface area contributed by atoms with Gasteiger partial charge in [-0.15, -0.1) is 0 Å². The molecule has 0 aromatic rings. The van der Waals surface area contributed by atoms with Gasteiger partial charge in [-0.1, -0.05) is 20.3 Å². The van der Waals surface area contributed by atoms with E-state index in [2.05, 4.69) is 16.0 Å². The van der Waals surface area contributed by atoms with Crippen LogP contribution in [0.25, 0.3) is 0 Å². The third-order valence-electron chi connectivity index (χ3n) is 7.31. The molecule has 1 aliphatic heterocycles. The van der Waals surface area contributed by atoms with Crippen LogP contribution in [0.3, 0.4) is 0 Å². The Morgan fingerprint density at radius 3 is 2.44 bits per heavy atom. The van der Waals surface area contributed by atoms with Crippen molar-refractivity contribution in [2.45, 2.75) is 76.3 Å². The van der Waals surface area contributed by atoms with E-state index in [1.54, 1.807) is 0 Å². The van der Waals surface area contributed by atoms with E-state index in [1.165, 1.54) is 12.8 Å². The average Bonchev–Trinajstić information content (AvgIpc) is 3.47. The quantitative estimate of drug-likeness (QED) is 0.257. The highest BCUT2D eigenvalue weighted by atomic mass is 32.2. The van der Waals surface area contributed by atoms with E-state index in [0.29, 0.717) is 37.3 Å². The zero-order chi connectivity index (χ0) is 25.0. The summed E-state index contributed by atoms with van der Waals surface area (Å²) in [6.45, 7) is 4.41. The number of hydrogen-bond acceptors (Lipinski definition) is 7. The molecule has 2 aliphatic carbocycles. The normalized spacial score (nSPS) is 28.9. The highest BCUT2D eigenvalue weighted by Crippen LogP contribution is 2.48. The molecule has 3 rings (SSSR count). The molecule has 3 aliphatic rings. The Hall–Kier alpha value is -1.92. The number of ether oxygens (including phenoxy) is 1. The van der Waals surface area contributed by atoms with E-state index in [-0.39, 0.29) is 24.7 Å². The van der Waals surface area contributed by atoms with Gasteiger partial charge in [0, 0.05) is 12.5 Å². The van der Waals surface area contributed by atoms with Gasteiger partial charge in [0.1, 0.15) is 6.04 Å². The second kappa shape index (κ2) is 11.2. The molecule has 194 valence electrons. The summed E-state index contributed by atoms with van der Waals surface area (Å²) in [5, 5.41) is 17.7. The van der Waals surface area contributed by atoms with Gasteiger partial charge in [0.05, 0.1) is 12.6 Å². The van der Waals surface area contributed by atoms with Crippen molar-refractivity contribution in [1.82, 2.24) is 16.0 Å². The maximum absolute atomic E-state index is 13.0. The summed E-state index contributed by atoms with van der Waals surface area (Å²) in [5.41, 5.74) is -2.31. The Kier molecular flexibility index (Phi) is 8.80. The predicted molar refractivity (Wildman–Crippen MR) is 122 cm³/mol. The largest absolute Gasteiger partial charge is 0.449 e. The Bertz CT molecular complexity index is 864. The van der Waals surface area contributed by atoms with Gasteiger partial charge in [0.15, 0.2) is 0 Å². The van der Waals surface area contributed by atoms with Gasteiger partial charge < -0.3 is 25.8 Å². The summed E-state index contributed by atoms with van der Waals surface area (Å²) in [5.74, 6) is -0.0115. The van der Waals surface area contributed by atoms with Gasteiger partial charge in [-0.2, -0.15) is 8.42 Å². The molecule has 0 spiro atoms. The maximum atomic E-state index is 13.0. The van der Waals surface area contributed by atoms with Crippen LogP contribution in [0.1, 0.15) is 58.8 Å². The van der Waals surface area contributed by atoms with E-state index in [4.69, 9.17) is 4.74 Å². The van der Waals surface area contributed by atoms with Gasteiger partial charge in [0.2, 0.25) is 17.3 Å². The van der Waals surface area contributed by atoms with Crippen LogP contribution in [-0.2, 0) is 24.4 Å². The van der Waals surface area contributed by atoms with E-state index in [0.717, 1.165) is 12.8 Å². The molecule has 1 saturated heterocycles. The fourth-order valence-corrected chi connectivity index (χ4v) is 6.16. The summed E-state index contributed by atoms with van der Waals surface area (Å²) >= 11 is 0. The lowest BCUT2D eigenvalue weighted by atomic mass is 9.90. The topological polar surface area (TPSA) is 171 Å². The lowest BCUT2D eigenvalue weighted by molar-refractivity contribution is -0.126. The van der Waals surface area contributed by atoms with Crippen LogP contribution in [0.15, 0.2) is 0 Å². The van der Waals surface area contributed by atoms with E-state index >= 15 is 0 Å². The molecule has 0 aromatic carbocycles. The van der Waals surface area contributed by atoms with Crippen molar-refractivity contribution in [1.29, 1.82) is 0 Å². The molecule has 0 radical (unpaired) electrons. The molecular formula is C22H37N3O8S. The molecule has 3 amide bonds. The summed E-state index contributed by atoms with van der Waals surface area (Å²) in [4.78, 5) is 37.4. The lowest BCUT2D eigenvalue weighted by Gasteiger charge is -2.27. The van der Waals surface area contributed by atoms with Crippen molar-refractivity contribution in [3.8, 4) is 0 Å². The number of alkyl carbamates (subject to hydrolysis) is 1. The molecule has 11 nitrogen and oxygen atoms in total. The number of carbonyl (C=O) groups excluding carboxylic acids is 3. The lowest BCUT2D eigenvalue weighted by Crippen LogP contribution is -2.55.